The minimum atomic E-state index is 0.214. The number of rotatable bonds is 1. The number of carbonyl (C=O) groups is 1. The Morgan fingerprint density at radius 1 is 1.43 bits per heavy atom. The van der Waals surface area contributed by atoms with Gasteiger partial charge in [-0.2, -0.15) is 0 Å². The fraction of sp³-hybridized carbons (Fsp3) is 0.545. The van der Waals surface area contributed by atoms with E-state index in [-0.39, 0.29) is 5.91 Å². The molecule has 1 amide bonds. The first-order valence-corrected chi connectivity index (χ1v) is 5.12. The van der Waals surface area contributed by atoms with Gasteiger partial charge < -0.3 is 10.2 Å². The third kappa shape index (κ3) is 1.73. The van der Waals surface area contributed by atoms with E-state index in [4.69, 9.17) is 0 Å². The Morgan fingerprint density at radius 3 is 2.71 bits per heavy atom. The minimum absolute atomic E-state index is 0.214. The zero-order chi connectivity index (χ0) is 9.97. The summed E-state index contributed by atoms with van der Waals surface area (Å²) in [5.41, 5.74) is 2.21. The lowest BCUT2D eigenvalue weighted by Crippen LogP contribution is -2.40. The second kappa shape index (κ2) is 3.96. The number of hydrogen-bond acceptors (Lipinski definition) is 2. The monoisotopic (exact) mass is 192 g/mol. The van der Waals surface area contributed by atoms with Crippen molar-refractivity contribution in [1.82, 2.24) is 10.2 Å². The zero-order valence-corrected chi connectivity index (χ0v) is 8.55. The van der Waals surface area contributed by atoms with Crippen LogP contribution in [0.2, 0.25) is 0 Å². The molecule has 0 aromatic heterocycles. The summed E-state index contributed by atoms with van der Waals surface area (Å²) in [6.45, 7) is 5.36. The molecule has 3 nitrogen and oxygen atoms in total. The van der Waals surface area contributed by atoms with Gasteiger partial charge >= 0.3 is 0 Å². The molecule has 1 N–H and O–H groups in total. The van der Waals surface area contributed by atoms with Gasteiger partial charge in [0.1, 0.15) is 0 Å². The van der Waals surface area contributed by atoms with E-state index in [1.165, 1.54) is 5.57 Å². The molecule has 2 aliphatic heterocycles. The highest BCUT2D eigenvalue weighted by atomic mass is 16.2. The average molecular weight is 192 g/mol. The molecule has 0 aromatic rings. The van der Waals surface area contributed by atoms with E-state index in [0.717, 1.165) is 38.2 Å². The second-order valence-corrected chi connectivity index (χ2v) is 3.84. The molecule has 3 heteroatoms. The van der Waals surface area contributed by atoms with Gasteiger partial charge in [-0.25, -0.2) is 0 Å². The van der Waals surface area contributed by atoms with E-state index in [2.05, 4.69) is 17.5 Å². The van der Waals surface area contributed by atoms with Crippen LogP contribution >= 0.6 is 0 Å². The standard InChI is InChI=1S/C11H16N2O/c1-9(10-7-12-8-10)11(14)13-5-3-2-4-6-13/h2-3,12H,4-8H2,1H3. The number of amides is 1. The molecular formula is C11H16N2O. The molecule has 0 saturated carbocycles. The van der Waals surface area contributed by atoms with Crippen molar-refractivity contribution in [2.24, 2.45) is 0 Å². The van der Waals surface area contributed by atoms with Crippen molar-refractivity contribution in [3.63, 3.8) is 0 Å². The van der Waals surface area contributed by atoms with E-state index in [1.54, 1.807) is 0 Å². The summed E-state index contributed by atoms with van der Waals surface area (Å²) in [7, 11) is 0. The summed E-state index contributed by atoms with van der Waals surface area (Å²) in [6.07, 6.45) is 5.20. The van der Waals surface area contributed by atoms with Crippen LogP contribution < -0.4 is 5.32 Å². The lowest BCUT2D eigenvalue weighted by molar-refractivity contribution is -0.126. The van der Waals surface area contributed by atoms with Crippen LogP contribution in [-0.4, -0.2) is 37.0 Å². The fourth-order valence-corrected chi connectivity index (χ4v) is 1.73. The SMILES string of the molecule is CC(C(=O)N1CC=CCC1)=C1CNC1. The van der Waals surface area contributed by atoms with E-state index in [1.807, 2.05) is 11.8 Å². The van der Waals surface area contributed by atoms with Crippen molar-refractivity contribution in [1.29, 1.82) is 0 Å². The minimum Gasteiger partial charge on any atom is -0.335 e. The Labute approximate surface area is 84.5 Å². The van der Waals surface area contributed by atoms with Crippen molar-refractivity contribution < 1.29 is 4.79 Å². The molecule has 0 aliphatic carbocycles. The van der Waals surface area contributed by atoms with Crippen LogP contribution in [0.1, 0.15) is 13.3 Å². The van der Waals surface area contributed by atoms with Gasteiger partial charge in [0.2, 0.25) is 5.91 Å². The summed E-state index contributed by atoms with van der Waals surface area (Å²) in [5.74, 6) is 0.214. The molecule has 2 rings (SSSR count). The molecule has 2 aliphatic rings. The molecule has 0 atom stereocenters. The van der Waals surface area contributed by atoms with Crippen LogP contribution in [0.5, 0.6) is 0 Å². The van der Waals surface area contributed by atoms with Gasteiger partial charge in [0.15, 0.2) is 0 Å². The molecule has 0 radical (unpaired) electrons. The van der Waals surface area contributed by atoms with Gasteiger partial charge in [-0.3, -0.25) is 4.79 Å². The lowest BCUT2D eigenvalue weighted by atomic mass is 10.0. The van der Waals surface area contributed by atoms with Crippen LogP contribution in [0.25, 0.3) is 0 Å². The maximum Gasteiger partial charge on any atom is 0.249 e. The topological polar surface area (TPSA) is 32.3 Å². The molecule has 0 spiro atoms. The van der Waals surface area contributed by atoms with Crippen LogP contribution in [0.3, 0.4) is 0 Å². The third-order valence-electron chi connectivity index (χ3n) is 2.87. The van der Waals surface area contributed by atoms with Crippen molar-refractivity contribution in [2.75, 3.05) is 26.2 Å². The molecule has 0 unspecified atom stereocenters. The summed E-state index contributed by atoms with van der Waals surface area (Å²) in [4.78, 5) is 13.9. The quantitative estimate of drug-likeness (QED) is 0.490. The van der Waals surface area contributed by atoms with Crippen LogP contribution in [0, 0.1) is 0 Å². The summed E-state index contributed by atoms with van der Waals surface area (Å²) in [6, 6.07) is 0. The largest absolute Gasteiger partial charge is 0.335 e. The Kier molecular flexibility index (Phi) is 2.68. The zero-order valence-electron chi connectivity index (χ0n) is 8.55. The van der Waals surface area contributed by atoms with E-state index < -0.39 is 0 Å². The Bertz CT molecular complexity index is 298. The Hall–Kier alpha value is -1.09. The van der Waals surface area contributed by atoms with E-state index >= 15 is 0 Å². The maximum absolute atomic E-state index is 11.9. The Morgan fingerprint density at radius 2 is 2.21 bits per heavy atom. The van der Waals surface area contributed by atoms with Crippen LogP contribution in [-0.2, 0) is 4.79 Å². The molecule has 1 fully saturated rings. The summed E-state index contributed by atoms with van der Waals surface area (Å²) in [5, 5.41) is 3.16. The highest BCUT2D eigenvalue weighted by Gasteiger charge is 2.20. The van der Waals surface area contributed by atoms with Crippen molar-refractivity contribution in [2.45, 2.75) is 13.3 Å². The summed E-state index contributed by atoms with van der Waals surface area (Å²) < 4.78 is 0. The van der Waals surface area contributed by atoms with Gasteiger partial charge in [-0.15, -0.1) is 0 Å². The fourth-order valence-electron chi connectivity index (χ4n) is 1.73. The molecule has 0 bridgehead atoms. The van der Waals surface area contributed by atoms with Gasteiger partial charge in [0.25, 0.3) is 0 Å². The lowest BCUT2D eigenvalue weighted by Gasteiger charge is -2.27. The first kappa shape index (κ1) is 9.46. The van der Waals surface area contributed by atoms with Gasteiger partial charge in [-0.1, -0.05) is 12.2 Å². The third-order valence-corrected chi connectivity index (χ3v) is 2.87. The van der Waals surface area contributed by atoms with Gasteiger partial charge in [0.05, 0.1) is 0 Å². The van der Waals surface area contributed by atoms with Crippen molar-refractivity contribution in [3.05, 3.63) is 23.3 Å². The maximum atomic E-state index is 11.9. The highest BCUT2D eigenvalue weighted by Crippen LogP contribution is 2.13. The normalized spacial score (nSPS) is 20.6. The second-order valence-electron chi connectivity index (χ2n) is 3.84. The molecule has 1 saturated heterocycles. The number of hydrogen-bond donors (Lipinski definition) is 1. The highest BCUT2D eigenvalue weighted by molar-refractivity contribution is 5.94. The smallest absolute Gasteiger partial charge is 0.249 e. The Balaban J connectivity index is 2.03. The van der Waals surface area contributed by atoms with Crippen molar-refractivity contribution in [3.8, 4) is 0 Å². The molecule has 14 heavy (non-hydrogen) atoms. The van der Waals surface area contributed by atoms with Crippen molar-refractivity contribution >= 4 is 5.91 Å². The van der Waals surface area contributed by atoms with Gasteiger partial charge in [-0.05, 0) is 18.9 Å². The summed E-state index contributed by atoms with van der Waals surface area (Å²) >= 11 is 0. The van der Waals surface area contributed by atoms with Gasteiger partial charge in [0, 0.05) is 31.8 Å². The van der Waals surface area contributed by atoms with E-state index in [0.29, 0.717) is 0 Å². The number of nitrogens with zero attached hydrogens (tertiary/aromatic N) is 1. The van der Waals surface area contributed by atoms with Crippen LogP contribution in [0.15, 0.2) is 23.3 Å². The molecule has 0 aromatic carbocycles. The molecule has 2 heterocycles. The predicted octanol–water partition coefficient (Wildman–Crippen LogP) is 0.695. The first-order chi connectivity index (χ1) is 6.79. The molecule has 76 valence electrons. The molecular weight excluding hydrogens is 176 g/mol. The number of nitrogens with one attached hydrogen (secondary N) is 1. The predicted molar refractivity (Wildman–Crippen MR) is 55.9 cm³/mol. The van der Waals surface area contributed by atoms with Crippen LogP contribution in [0.4, 0.5) is 0 Å². The first-order valence-electron chi connectivity index (χ1n) is 5.12. The average Bonchev–Trinajstić information content (AvgIpc) is 2.15. The van der Waals surface area contributed by atoms with E-state index in [9.17, 15) is 4.79 Å². The number of carbonyl (C=O) groups excluding carboxylic acids is 1.